The van der Waals surface area contributed by atoms with Crippen molar-refractivity contribution in [3.63, 3.8) is 0 Å². The van der Waals surface area contributed by atoms with Crippen LogP contribution in [0.3, 0.4) is 0 Å². The minimum atomic E-state index is -0.217. The molecule has 0 fully saturated rings. The number of hydrogen-bond acceptors (Lipinski definition) is 2. The van der Waals surface area contributed by atoms with E-state index in [9.17, 15) is 4.79 Å². The lowest BCUT2D eigenvalue weighted by atomic mass is 10.2. The molecule has 1 aromatic carbocycles. The van der Waals surface area contributed by atoms with Gasteiger partial charge < -0.3 is 4.90 Å². The van der Waals surface area contributed by atoms with Crippen LogP contribution >= 0.6 is 27.5 Å². The first kappa shape index (κ1) is 12.0. The van der Waals surface area contributed by atoms with Gasteiger partial charge in [-0.3, -0.25) is 4.79 Å². The van der Waals surface area contributed by atoms with E-state index in [1.807, 2.05) is 6.07 Å². The SMILES string of the molecule is CN(CC#N)C(=O)c1ccc(Br)c(Cl)c1. The first-order valence-corrected chi connectivity index (χ1v) is 5.31. The highest BCUT2D eigenvalue weighted by molar-refractivity contribution is 9.10. The zero-order valence-corrected chi connectivity index (χ0v) is 10.3. The van der Waals surface area contributed by atoms with E-state index in [1.165, 1.54) is 4.90 Å². The van der Waals surface area contributed by atoms with Crippen molar-refractivity contribution in [3.05, 3.63) is 33.3 Å². The van der Waals surface area contributed by atoms with Crippen molar-refractivity contribution >= 4 is 33.4 Å². The van der Waals surface area contributed by atoms with Gasteiger partial charge >= 0.3 is 0 Å². The molecule has 1 rings (SSSR count). The number of benzene rings is 1. The number of rotatable bonds is 2. The van der Waals surface area contributed by atoms with Gasteiger partial charge in [-0.25, -0.2) is 0 Å². The standard InChI is InChI=1S/C10H8BrClN2O/c1-14(5-4-13)10(15)7-2-3-8(11)9(12)6-7/h2-3,6H,5H2,1H3. The minimum Gasteiger partial charge on any atom is -0.328 e. The molecule has 0 aromatic heterocycles. The largest absolute Gasteiger partial charge is 0.328 e. The van der Waals surface area contributed by atoms with Gasteiger partial charge in [0.05, 0.1) is 11.1 Å². The van der Waals surface area contributed by atoms with E-state index in [2.05, 4.69) is 15.9 Å². The molecule has 0 N–H and O–H groups in total. The Morgan fingerprint density at radius 2 is 2.33 bits per heavy atom. The van der Waals surface area contributed by atoms with Gasteiger partial charge in [0, 0.05) is 17.1 Å². The molecular weight excluding hydrogens is 279 g/mol. The third-order valence-electron chi connectivity index (χ3n) is 1.82. The Bertz CT molecular complexity index is 428. The Balaban J connectivity index is 2.93. The lowest BCUT2D eigenvalue weighted by Gasteiger charge is -2.13. The highest BCUT2D eigenvalue weighted by Gasteiger charge is 2.12. The maximum Gasteiger partial charge on any atom is 0.254 e. The number of carbonyl (C=O) groups is 1. The second-order valence-electron chi connectivity index (χ2n) is 2.95. The van der Waals surface area contributed by atoms with Gasteiger partial charge in [0.25, 0.3) is 5.91 Å². The molecule has 0 unspecified atom stereocenters. The second-order valence-corrected chi connectivity index (χ2v) is 4.21. The molecule has 0 saturated carbocycles. The van der Waals surface area contributed by atoms with Gasteiger partial charge in [0.1, 0.15) is 6.54 Å². The van der Waals surface area contributed by atoms with E-state index in [-0.39, 0.29) is 12.5 Å². The van der Waals surface area contributed by atoms with E-state index >= 15 is 0 Å². The lowest BCUT2D eigenvalue weighted by Crippen LogP contribution is -2.26. The summed E-state index contributed by atoms with van der Waals surface area (Å²) in [5.41, 5.74) is 0.473. The summed E-state index contributed by atoms with van der Waals surface area (Å²) in [4.78, 5) is 13.0. The van der Waals surface area contributed by atoms with Gasteiger partial charge in [0.2, 0.25) is 0 Å². The maximum atomic E-state index is 11.7. The molecular formula is C10H8BrClN2O. The average molecular weight is 288 g/mol. The van der Waals surface area contributed by atoms with Crippen molar-refractivity contribution in [2.24, 2.45) is 0 Å². The van der Waals surface area contributed by atoms with Gasteiger partial charge in [-0.1, -0.05) is 11.6 Å². The summed E-state index contributed by atoms with van der Waals surface area (Å²) in [5, 5.41) is 8.93. The van der Waals surface area contributed by atoms with Crippen LogP contribution in [0.5, 0.6) is 0 Å². The van der Waals surface area contributed by atoms with Crippen LogP contribution in [0.1, 0.15) is 10.4 Å². The van der Waals surface area contributed by atoms with Gasteiger partial charge in [0.15, 0.2) is 0 Å². The fourth-order valence-electron chi connectivity index (χ4n) is 1.03. The molecule has 0 aliphatic carbocycles. The summed E-state index contributed by atoms with van der Waals surface area (Å²) in [6.07, 6.45) is 0. The van der Waals surface area contributed by atoms with E-state index in [0.29, 0.717) is 10.6 Å². The predicted molar refractivity (Wildman–Crippen MR) is 61.7 cm³/mol. The number of amides is 1. The molecule has 0 heterocycles. The Labute approximate surface area is 101 Å². The van der Waals surface area contributed by atoms with Crippen LogP contribution in [0.15, 0.2) is 22.7 Å². The molecule has 0 aliphatic rings. The molecule has 0 spiro atoms. The quantitative estimate of drug-likeness (QED) is 0.785. The highest BCUT2D eigenvalue weighted by Crippen LogP contribution is 2.23. The number of nitriles is 1. The molecule has 78 valence electrons. The van der Waals surface area contributed by atoms with E-state index in [1.54, 1.807) is 25.2 Å². The van der Waals surface area contributed by atoms with Crippen LogP contribution < -0.4 is 0 Å². The van der Waals surface area contributed by atoms with Crippen molar-refractivity contribution in [1.82, 2.24) is 4.90 Å². The molecule has 15 heavy (non-hydrogen) atoms. The van der Waals surface area contributed by atoms with Gasteiger partial charge in [-0.05, 0) is 34.1 Å². The fourth-order valence-corrected chi connectivity index (χ4v) is 1.45. The summed E-state index contributed by atoms with van der Waals surface area (Å²) in [7, 11) is 1.57. The lowest BCUT2D eigenvalue weighted by molar-refractivity contribution is 0.0812. The summed E-state index contributed by atoms with van der Waals surface area (Å²) in [6.45, 7) is 0.0620. The second kappa shape index (κ2) is 5.15. The molecule has 5 heteroatoms. The first-order valence-electron chi connectivity index (χ1n) is 4.13. The number of nitrogens with zero attached hydrogens (tertiary/aromatic N) is 2. The molecule has 0 bridgehead atoms. The molecule has 3 nitrogen and oxygen atoms in total. The van der Waals surface area contributed by atoms with Crippen LogP contribution in [-0.4, -0.2) is 24.4 Å². The van der Waals surface area contributed by atoms with Crippen LogP contribution in [-0.2, 0) is 0 Å². The van der Waals surface area contributed by atoms with Gasteiger partial charge in [-0.2, -0.15) is 5.26 Å². The van der Waals surface area contributed by atoms with Crippen molar-refractivity contribution < 1.29 is 4.79 Å². The predicted octanol–water partition coefficient (Wildman–Crippen LogP) is 2.70. The van der Waals surface area contributed by atoms with E-state index in [0.717, 1.165) is 4.47 Å². The third kappa shape index (κ3) is 2.95. The van der Waals surface area contributed by atoms with E-state index < -0.39 is 0 Å². The van der Waals surface area contributed by atoms with Crippen LogP contribution in [0, 0.1) is 11.3 Å². The zero-order valence-electron chi connectivity index (χ0n) is 8.00. The summed E-state index contributed by atoms with van der Waals surface area (Å²) >= 11 is 9.09. The molecule has 0 saturated heterocycles. The van der Waals surface area contributed by atoms with Crippen molar-refractivity contribution in [2.75, 3.05) is 13.6 Å². The first-order chi connectivity index (χ1) is 7.06. The Kier molecular flexibility index (Phi) is 4.13. The van der Waals surface area contributed by atoms with Crippen molar-refractivity contribution in [2.45, 2.75) is 0 Å². The topological polar surface area (TPSA) is 44.1 Å². The Morgan fingerprint density at radius 3 is 2.87 bits per heavy atom. The number of carbonyl (C=O) groups excluding carboxylic acids is 1. The van der Waals surface area contributed by atoms with Gasteiger partial charge in [-0.15, -0.1) is 0 Å². The van der Waals surface area contributed by atoms with Crippen LogP contribution in [0.2, 0.25) is 5.02 Å². The van der Waals surface area contributed by atoms with Crippen LogP contribution in [0.25, 0.3) is 0 Å². The minimum absolute atomic E-state index is 0.0620. The normalized spacial score (nSPS) is 9.47. The van der Waals surface area contributed by atoms with Crippen molar-refractivity contribution in [1.29, 1.82) is 5.26 Å². The average Bonchev–Trinajstić information content (AvgIpc) is 2.21. The summed E-state index contributed by atoms with van der Waals surface area (Å²) in [6, 6.07) is 6.84. The Morgan fingerprint density at radius 1 is 1.67 bits per heavy atom. The molecule has 0 atom stereocenters. The monoisotopic (exact) mass is 286 g/mol. The van der Waals surface area contributed by atoms with Crippen molar-refractivity contribution in [3.8, 4) is 6.07 Å². The molecule has 0 aliphatic heterocycles. The summed E-state index contributed by atoms with van der Waals surface area (Å²) < 4.78 is 0.739. The molecule has 1 aromatic rings. The Hall–Kier alpha value is -1.05. The fraction of sp³-hybridized carbons (Fsp3) is 0.200. The molecule has 0 radical (unpaired) electrons. The third-order valence-corrected chi connectivity index (χ3v) is 3.05. The number of halogens is 2. The highest BCUT2D eigenvalue weighted by atomic mass is 79.9. The summed E-state index contributed by atoms with van der Waals surface area (Å²) in [5.74, 6) is -0.217. The van der Waals surface area contributed by atoms with E-state index in [4.69, 9.17) is 16.9 Å². The zero-order chi connectivity index (χ0) is 11.4. The number of hydrogen-bond donors (Lipinski definition) is 0. The molecule has 1 amide bonds. The van der Waals surface area contributed by atoms with Crippen LogP contribution in [0.4, 0.5) is 0 Å². The smallest absolute Gasteiger partial charge is 0.254 e. The maximum absolute atomic E-state index is 11.7.